The van der Waals surface area contributed by atoms with Gasteiger partial charge in [-0.05, 0) is 67.3 Å². The second kappa shape index (κ2) is 12.1. The van der Waals surface area contributed by atoms with Crippen LogP contribution in [0.3, 0.4) is 0 Å². The lowest BCUT2D eigenvalue weighted by molar-refractivity contribution is 0.102. The number of nitrogens with zero attached hydrogens (tertiary/aromatic N) is 2. The average Bonchev–Trinajstić information content (AvgIpc) is 3.14. The molecular formula is C27H31ClN4O2. The van der Waals surface area contributed by atoms with Crippen molar-refractivity contribution < 1.29 is 9.53 Å². The Hall–Kier alpha value is -3.51. The number of hydrogen-bond donors (Lipinski definition) is 2. The van der Waals surface area contributed by atoms with Gasteiger partial charge < -0.3 is 20.4 Å². The average molecular weight is 479 g/mol. The molecule has 7 heteroatoms. The van der Waals surface area contributed by atoms with E-state index in [0.717, 1.165) is 49.0 Å². The van der Waals surface area contributed by atoms with Crippen molar-refractivity contribution in [1.29, 1.82) is 0 Å². The zero-order valence-corrected chi connectivity index (χ0v) is 20.2. The third kappa shape index (κ3) is 6.29. The fourth-order valence-electron chi connectivity index (χ4n) is 3.79. The Balaban J connectivity index is 0.00000324. The number of anilines is 2. The van der Waals surface area contributed by atoms with E-state index in [9.17, 15) is 4.79 Å². The topological polar surface area (TPSA) is 82.2 Å². The van der Waals surface area contributed by atoms with E-state index in [1.54, 1.807) is 12.1 Å². The summed E-state index contributed by atoms with van der Waals surface area (Å²) >= 11 is 0. The minimum absolute atomic E-state index is 0. The Labute approximate surface area is 206 Å². The van der Waals surface area contributed by atoms with Crippen LogP contribution in [0, 0.1) is 0 Å². The van der Waals surface area contributed by atoms with Gasteiger partial charge in [0.15, 0.2) is 0 Å². The van der Waals surface area contributed by atoms with Gasteiger partial charge in [-0.25, -0.2) is 4.98 Å². The molecule has 3 N–H and O–H groups in total. The van der Waals surface area contributed by atoms with Crippen LogP contribution in [0.1, 0.15) is 42.1 Å². The Morgan fingerprint density at radius 1 is 1.03 bits per heavy atom. The molecule has 0 aliphatic rings. The van der Waals surface area contributed by atoms with Gasteiger partial charge in [-0.2, -0.15) is 0 Å². The summed E-state index contributed by atoms with van der Waals surface area (Å²) < 4.78 is 7.69. The number of nitrogen functional groups attached to an aromatic ring is 1. The monoisotopic (exact) mass is 478 g/mol. The molecule has 0 unspecified atom stereocenters. The molecule has 0 fully saturated rings. The Bertz CT molecular complexity index is 1210. The number of benzene rings is 3. The lowest BCUT2D eigenvalue weighted by Crippen LogP contribution is -2.11. The Morgan fingerprint density at radius 2 is 1.79 bits per heavy atom. The third-order valence-corrected chi connectivity index (χ3v) is 5.61. The molecule has 6 nitrogen and oxygen atoms in total. The number of ether oxygens (including phenoxy) is 1. The molecule has 34 heavy (non-hydrogen) atoms. The van der Waals surface area contributed by atoms with Gasteiger partial charge in [0, 0.05) is 17.8 Å². The summed E-state index contributed by atoms with van der Waals surface area (Å²) in [4.78, 5) is 17.2. The number of carbonyl (C=O) groups excluding carboxylic acids is 1. The lowest BCUT2D eigenvalue weighted by Gasteiger charge is -2.09. The van der Waals surface area contributed by atoms with Crippen LogP contribution in [0.4, 0.5) is 11.6 Å². The minimum Gasteiger partial charge on any atom is -0.494 e. The van der Waals surface area contributed by atoms with Gasteiger partial charge in [0.25, 0.3) is 5.91 Å². The van der Waals surface area contributed by atoms with E-state index >= 15 is 0 Å². The largest absolute Gasteiger partial charge is 0.494 e. The minimum atomic E-state index is -0.176. The zero-order valence-electron chi connectivity index (χ0n) is 19.4. The van der Waals surface area contributed by atoms with Crippen molar-refractivity contribution in [3.8, 4) is 5.75 Å². The van der Waals surface area contributed by atoms with Crippen LogP contribution >= 0.6 is 12.4 Å². The van der Waals surface area contributed by atoms with E-state index in [0.29, 0.717) is 23.8 Å². The number of carbonyl (C=O) groups is 1. The normalized spacial score (nSPS) is 10.6. The van der Waals surface area contributed by atoms with Gasteiger partial charge >= 0.3 is 0 Å². The van der Waals surface area contributed by atoms with E-state index < -0.39 is 0 Å². The van der Waals surface area contributed by atoms with E-state index in [-0.39, 0.29) is 18.3 Å². The molecule has 1 aromatic heterocycles. The third-order valence-electron chi connectivity index (χ3n) is 5.61. The standard InChI is InChI=1S/C27H30N4O2.ClH/c1-2-3-18-33-23-14-11-21(12-15-23)26(32)29-22-13-16-25-24(19-22)30-27(28)31(25)17-7-10-20-8-5-4-6-9-20;/h4-6,8-9,11-16,19H,2-3,7,10,17-18H2,1H3,(H2,28,30)(H,29,32);1H. The number of aromatic nitrogens is 2. The Morgan fingerprint density at radius 3 is 2.53 bits per heavy atom. The molecule has 0 saturated carbocycles. The number of imidazole rings is 1. The van der Waals surface area contributed by atoms with E-state index in [1.165, 1.54) is 5.56 Å². The summed E-state index contributed by atoms with van der Waals surface area (Å²) in [6, 6.07) is 23.3. The predicted molar refractivity (Wildman–Crippen MR) is 141 cm³/mol. The number of halogens is 1. The fraction of sp³-hybridized carbons (Fsp3) is 0.259. The highest BCUT2D eigenvalue weighted by Gasteiger charge is 2.11. The molecular weight excluding hydrogens is 448 g/mol. The first-order chi connectivity index (χ1) is 16.1. The first-order valence-corrected chi connectivity index (χ1v) is 11.5. The number of nitrogens with two attached hydrogens (primary N) is 1. The number of amides is 1. The maximum atomic E-state index is 12.7. The van der Waals surface area contributed by atoms with Gasteiger partial charge in [0.2, 0.25) is 5.95 Å². The van der Waals surface area contributed by atoms with Crippen LogP contribution in [0.25, 0.3) is 11.0 Å². The highest BCUT2D eigenvalue weighted by molar-refractivity contribution is 6.05. The first-order valence-electron chi connectivity index (χ1n) is 11.5. The van der Waals surface area contributed by atoms with Crippen molar-refractivity contribution in [3.05, 3.63) is 83.9 Å². The molecule has 0 aliphatic heterocycles. The second-order valence-corrected chi connectivity index (χ2v) is 8.09. The van der Waals surface area contributed by atoms with Gasteiger partial charge in [-0.1, -0.05) is 43.7 Å². The van der Waals surface area contributed by atoms with E-state index in [2.05, 4.69) is 41.5 Å². The number of aryl methyl sites for hydroxylation is 2. The van der Waals surface area contributed by atoms with Crippen molar-refractivity contribution in [2.75, 3.05) is 17.7 Å². The lowest BCUT2D eigenvalue weighted by atomic mass is 10.1. The predicted octanol–water partition coefficient (Wildman–Crippen LogP) is 6.10. The number of unbranched alkanes of at least 4 members (excludes halogenated alkanes) is 1. The van der Waals surface area contributed by atoms with Crippen molar-refractivity contribution >= 4 is 41.0 Å². The maximum absolute atomic E-state index is 12.7. The van der Waals surface area contributed by atoms with Gasteiger partial charge in [0.05, 0.1) is 17.6 Å². The van der Waals surface area contributed by atoms with Crippen molar-refractivity contribution in [2.24, 2.45) is 0 Å². The Kier molecular flexibility index (Phi) is 8.93. The summed E-state index contributed by atoms with van der Waals surface area (Å²) in [5.41, 5.74) is 10.5. The zero-order chi connectivity index (χ0) is 23.0. The highest BCUT2D eigenvalue weighted by Crippen LogP contribution is 2.23. The van der Waals surface area contributed by atoms with Crippen molar-refractivity contribution in [2.45, 2.75) is 39.2 Å². The molecule has 178 valence electrons. The second-order valence-electron chi connectivity index (χ2n) is 8.09. The molecule has 0 saturated heterocycles. The molecule has 0 atom stereocenters. The molecule has 3 aromatic carbocycles. The molecule has 1 heterocycles. The number of nitrogens with one attached hydrogen (secondary N) is 1. The maximum Gasteiger partial charge on any atom is 0.255 e. The summed E-state index contributed by atoms with van der Waals surface area (Å²) in [7, 11) is 0. The van der Waals surface area contributed by atoms with Crippen LogP contribution in [0.2, 0.25) is 0 Å². The summed E-state index contributed by atoms with van der Waals surface area (Å²) in [5.74, 6) is 1.08. The van der Waals surface area contributed by atoms with Crippen molar-refractivity contribution in [1.82, 2.24) is 9.55 Å². The summed E-state index contributed by atoms with van der Waals surface area (Å²) in [5, 5.41) is 2.95. The molecule has 0 radical (unpaired) electrons. The summed E-state index contributed by atoms with van der Waals surface area (Å²) in [6.07, 6.45) is 4.05. The quantitative estimate of drug-likeness (QED) is 0.269. The molecule has 0 spiro atoms. The van der Waals surface area contributed by atoms with Crippen LogP contribution in [-0.4, -0.2) is 22.1 Å². The molecule has 4 rings (SSSR count). The van der Waals surface area contributed by atoms with E-state index in [1.807, 2.05) is 41.0 Å². The number of hydrogen-bond acceptors (Lipinski definition) is 4. The van der Waals surface area contributed by atoms with Crippen LogP contribution in [-0.2, 0) is 13.0 Å². The molecule has 4 aromatic rings. The smallest absolute Gasteiger partial charge is 0.255 e. The van der Waals surface area contributed by atoms with Gasteiger partial charge in [-0.3, -0.25) is 4.79 Å². The number of fused-ring (bicyclic) bond motifs is 1. The number of rotatable bonds is 10. The SMILES string of the molecule is CCCCOc1ccc(C(=O)Nc2ccc3c(c2)nc(N)n3CCCc2ccccc2)cc1.Cl. The van der Waals surface area contributed by atoms with Crippen molar-refractivity contribution in [3.63, 3.8) is 0 Å². The van der Waals surface area contributed by atoms with Crippen LogP contribution in [0.15, 0.2) is 72.8 Å². The fourth-order valence-corrected chi connectivity index (χ4v) is 3.79. The van der Waals surface area contributed by atoms with Crippen LogP contribution < -0.4 is 15.8 Å². The van der Waals surface area contributed by atoms with Gasteiger partial charge in [0.1, 0.15) is 5.75 Å². The van der Waals surface area contributed by atoms with Gasteiger partial charge in [-0.15, -0.1) is 12.4 Å². The summed E-state index contributed by atoms with van der Waals surface area (Å²) in [6.45, 7) is 3.60. The van der Waals surface area contributed by atoms with E-state index in [4.69, 9.17) is 10.5 Å². The first kappa shape index (κ1) is 25.1. The van der Waals surface area contributed by atoms with Crippen LogP contribution in [0.5, 0.6) is 5.75 Å². The molecule has 0 bridgehead atoms. The molecule has 1 amide bonds. The highest BCUT2D eigenvalue weighted by atomic mass is 35.5. The molecule has 0 aliphatic carbocycles.